The van der Waals surface area contributed by atoms with E-state index in [4.69, 9.17) is 0 Å². The van der Waals surface area contributed by atoms with Gasteiger partial charge in [0.1, 0.15) is 0 Å². The van der Waals surface area contributed by atoms with Crippen LogP contribution < -0.4 is 5.32 Å². The van der Waals surface area contributed by atoms with Gasteiger partial charge >= 0.3 is 0 Å². The molecular formula is C24H18N2. The molecule has 0 spiro atoms. The first-order valence-electron chi connectivity index (χ1n) is 8.80. The highest BCUT2D eigenvalue weighted by molar-refractivity contribution is 6.10. The first-order chi connectivity index (χ1) is 12.9. The maximum absolute atomic E-state index is 3.59. The van der Waals surface area contributed by atoms with Gasteiger partial charge in [0, 0.05) is 38.7 Å². The van der Waals surface area contributed by atoms with Crippen LogP contribution in [0.25, 0.3) is 32.9 Å². The lowest BCUT2D eigenvalue weighted by molar-refractivity contribution is 1.52. The summed E-state index contributed by atoms with van der Waals surface area (Å²) in [5.74, 6) is 0. The van der Waals surface area contributed by atoms with Gasteiger partial charge in [-0.1, -0.05) is 66.7 Å². The Balaban J connectivity index is 1.77. The molecule has 0 bridgehead atoms. The minimum Gasteiger partial charge on any atom is -0.355 e. The molecule has 124 valence electrons. The molecule has 5 rings (SSSR count). The summed E-state index contributed by atoms with van der Waals surface area (Å²) in [5, 5.41) is 6.09. The standard InChI is InChI=1S/C24H18N2/c1-3-9-17(10-4-1)20-15-21-19-13-7-8-14-22(19)26-24(21)16-23(20)25-18-11-5-2-6-12-18/h1-16,25-26H. The molecule has 0 saturated carbocycles. The van der Waals surface area contributed by atoms with E-state index in [9.17, 15) is 0 Å². The van der Waals surface area contributed by atoms with Crippen molar-refractivity contribution in [3.8, 4) is 11.1 Å². The number of aromatic nitrogens is 1. The second kappa shape index (κ2) is 6.08. The minimum absolute atomic E-state index is 1.08. The van der Waals surface area contributed by atoms with Gasteiger partial charge in [-0.25, -0.2) is 0 Å². The van der Waals surface area contributed by atoms with E-state index in [2.05, 4.69) is 89.2 Å². The zero-order chi connectivity index (χ0) is 17.3. The summed E-state index contributed by atoms with van der Waals surface area (Å²) in [4.78, 5) is 3.54. The predicted molar refractivity (Wildman–Crippen MR) is 111 cm³/mol. The number of anilines is 2. The molecule has 2 N–H and O–H groups in total. The third kappa shape index (κ3) is 2.52. The van der Waals surface area contributed by atoms with Gasteiger partial charge in [-0.3, -0.25) is 0 Å². The highest BCUT2D eigenvalue weighted by atomic mass is 14.9. The smallest absolute Gasteiger partial charge is 0.0486 e. The first kappa shape index (κ1) is 14.8. The van der Waals surface area contributed by atoms with Crippen molar-refractivity contribution in [2.75, 3.05) is 5.32 Å². The van der Waals surface area contributed by atoms with Crippen LogP contribution in [0.15, 0.2) is 97.1 Å². The quantitative estimate of drug-likeness (QED) is 0.376. The highest BCUT2D eigenvalue weighted by Gasteiger charge is 2.11. The third-order valence-corrected chi connectivity index (χ3v) is 4.78. The Morgan fingerprint density at radius 3 is 2.08 bits per heavy atom. The number of aromatic amines is 1. The van der Waals surface area contributed by atoms with E-state index >= 15 is 0 Å². The molecule has 0 fully saturated rings. The second-order valence-electron chi connectivity index (χ2n) is 6.47. The molecule has 0 atom stereocenters. The SMILES string of the molecule is c1ccc(Nc2cc3[nH]c4ccccc4c3cc2-c2ccccc2)cc1. The molecule has 0 amide bonds. The fraction of sp³-hybridized carbons (Fsp3) is 0. The summed E-state index contributed by atoms with van der Waals surface area (Å²) in [5.41, 5.74) is 6.90. The van der Waals surface area contributed by atoms with Gasteiger partial charge in [0.2, 0.25) is 0 Å². The van der Waals surface area contributed by atoms with Crippen molar-refractivity contribution >= 4 is 33.2 Å². The summed E-state index contributed by atoms with van der Waals surface area (Å²) < 4.78 is 0. The molecule has 2 heteroatoms. The molecule has 1 aromatic heterocycles. The van der Waals surface area contributed by atoms with Crippen molar-refractivity contribution in [2.45, 2.75) is 0 Å². The van der Waals surface area contributed by atoms with Crippen molar-refractivity contribution < 1.29 is 0 Å². The van der Waals surface area contributed by atoms with Crippen molar-refractivity contribution in [1.82, 2.24) is 4.98 Å². The molecule has 4 aromatic carbocycles. The number of benzene rings is 4. The minimum atomic E-state index is 1.08. The Morgan fingerprint density at radius 1 is 0.577 bits per heavy atom. The zero-order valence-electron chi connectivity index (χ0n) is 14.2. The number of hydrogen-bond acceptors (Lipinski definition) is 1. The van der Waals surface area contributed by atoms with Gasteiger partial charge in [0.25, 0.3) is 0 Å². The normalized spacial score (nSPS) is 11.1. The molecule has 26 heavy (non-hydrogen) atoms. The number of fused-ring (bicyclic) bond motifs is 3. The van der Waals surface area contributed by atoms with E-state index in [1.54, 1.807) is 0 Å². The fourth-order valence-corrected chi connectivity index (χ4v) is 3.53. The lowest BCUT2D eigenvalue weighted by Crippen LogP contribution is -1.93. The van der Waals surface area contributed by atoms with E-state index in [0.29, 0.717) is 0 Å². The summed E-state index contributed by atoms with van der Waals surface area (Å²) in [6.45, 7) is 0. The lowest BCUT2D eigenvalue weighted by Gasteiger charge is -2.13. The zero-order valence-corrected chi connectivity index (χ0v) is 14.2. The molecule has 0 unspecified atom stereocenters. The van der Waals surface area contributed by atoms with E-state index in [-0.39, 0.29) is 0 Å². The number of rotatable bonds is 3. The highest BCUT2D eigenvalue weighted by Crippen LogP contribution is 2.37. The molecule has 2 nitrogen and oxygen atoms in total. The fourth-order valence-electron chi connectivity index (χ4n) is 3.53. The summed E-state index contributed by atoms with van der Waals surface area (Å²) >= 11 is 0. The average molecular weight is 334 g/mol. The van der Waals surface area contributed by atoms with Crippen molar-refractivity contribution in [2.24, 2.45) is 0 Å². The number of para-hydroxylation sites is 2. The van der Waals surface area contributed by atoms with Crippen molar-refractivity contribution in [3.05, 3.63) is 97.1 Å². The molecule has 1 heterocycles. The molecule has 0 saturated heterocycles. The molecule has 0 aliphatic carbocycles. The number of nitrogens with one attached hydrogen (secondary N) is 2. The molecule has 0 aliphatic rings. The predicted octanol–water partition coefficient (Wildman–Crippen LogP) is 6.73. The van der Waals surface area contributed by atoms with Crippen LogP contribution >= 0.6 is 0 Å². The largest absolute Gasteiger partial charge is 0.355 e. The van der Waals surface area contributed by atoms with Crippen LogP contribution in [-0.4, -0.2) is 4.98 Å². The van der Waals surface area contributed by atoms with Crippen LogP contribution in [0.5, 0.6) is 0 Å². The lowest BCUT2D eigenvalue weighted by atomic mass is 10.00. The molecular weight excluding hydrogens is 316 g/mol. The molecule has 0 aliphatic heterocycles. The second-order valence-corrected chi connectivity index (χ2v) is 6.47. The van der Waals surface area contributed by atoms with Crippen molar-refractivity contribution in [3.63, 3.8) is 0 Å². The van der Waals surface area contributed by atoms with Gasteiger partial charge in [-0.15, -0.1) is 0 Å². The van der Waals surface area contributed by atoms with E-state index in [0.717, 1.165) is 16.9 Å². The van der Waals surface area contributed by atoms with E-state index < -0.39 is 0 Å². The summed E-state index contributed by atoms with van der Waals surface area (Å²) in [7, 11) is 0. The monoisotopic (exact) mass is 334 g/mol. The van der Waals surface area contributed by atoms with Crippen LogP contribution in [0.1, 0.15) is 0 Å². The average Bonchev–Trinajstić information content (AvgIpc) is 3.06. The van der Waals surface area contributed by atoms with Crippen molar-refractivity contribution in [1.29, 1.82) is 0 Å². The van der Waals surface area contributed by atoms with E-state index in [1.165, 1.54) is 27.4 Å². The third-order valence-electron chi connectivity index (χ3n) is 4.78. The Bertz CT molecular complexity index is 1190. The Kier molecular flexibility index (Phi) is 3.46. The van der Waals surface area contributed by atoms with Crippen LogP contribution in [0, 0.1) is 0 Å². The maximum Gasteiger partial charge on any atom is 0.0486 e. The molecule has 5 aromatic rings. The van der Waals surface area contributed by atoms with Crippen LogP contribution in [0.4, 0.5) is 11.4 Å². The summed E-state index contributed by atoms with van der Waals surface area (Å²) in [6, 6.07) is 33.8. The Morgan fingerprint density at radius 2 is 1.27 bits per heavy atom. The Labute approximate surface area is 152 Å². The van der Waals surface area contributed by atoms with Crippen LogP contribution in [-0.2, 0) is 0 Å². The number of hydrogen-bond donors (Lipinski definition) is 2. The van der Waals surface area contributed by atoms with E-state index in [1.807, 2.05) is 18.2 Å². The molecule has 0 radical (unpaired) electrons. The number of H-pyrrole nitrogens is 1. The van der Waals surface area contributed by atoms with Gasteiger partial charge in [0.15, 0.2) is 0 Å². The summed E-state index contributed by atoms with van der Waals surface area (Å²) in [6.07, 6.45) is 0. The maximum atomic E-state index is 3.59. The van der Waals surface area contributed by atoms with Gasteiger partial charge in [0.05, 0.1) is 0 Å². The first-order valence-corrected chi connectivity index (χ1v) is 8.80. The van der Waals surface area contributed by atoms with Gasteiger partial charge in [-0.2, -0.15) is 0 Å². The van der Waals surface area contributed by atoms with Crippen LogP contribution in [0.3, 0.4) is 0 Å². The van der Waals surface area contributed by atoms with Gasteiger partial charge in [-0.05, 0) is 35.9 Å². The Hall–Kier alpha value is -3.52. The van der Waals surface area contributed by atoms with Gasteiger partial charge < -0.3 is 10.3 Å². The van der Waals surface area contributed by atoms with Crippen LogP contribution in [0.2, 0.25) is 0 Å². The topological polar surface area (TPSA) is 27.8 Å².